The van der Waals surface area contributed by atoms with Crippen molar-refractivity contribution < 1.29 is 14.4 Å². The van der Waals surface area contributed by atoms with Crippen molar-refractivity contribution in [1.29, 1.82) is 0 Å². The molecule has 1 heterocycles. The van der Waals surface area contributed by atoms with Gasteiger partial charge in [0.05, 0.1) is 0 Å². The Bertz CT molecular complexity index is 653. The lowest BCUT2D eigenvalue weighted by Crippen LogP contribution is -2.56. The molecule has 0 aromatic heterocycles. The zero-order chi connectivity index (χ0) is 20.5. The molecule has 2 rings (SSSR count). The molecule has 1 saturated heterocycles. The molecular formula is C21H32N4O3. The Morgan fingerprint density at radius 3 is 2.14 bits per heavy atom. The van der Waals surface area contributed by atoms with E-state index in [1.165, 1.54) is 5.56 Å². The summed E-state index contributed by atoms with van der Waals surface area (Å²) < 4.78 is 0. The van der Waals surface area contributed by atoms with E-state index in [9.17, 15) is 14.4 Å². The molecule has 0 spiro atoms. The molecular weight excluding hydrogens is 356 g/mol. The topological polar surface area (TPSA) is 81.8 Å². The molecule has 0 radical (unpaired) electrons. The molecule has 7 nitrogen and oxygen atoms in total. The number of urea groups is 2. The van der Waals surface area contributed by atoms with Crippen LogP contribution in [0.4, 0.5) is 9.59 Å². The van der Waals surface area contributed by atoms with Crippen LogP contribution in [0.25, 0.3) is 0 Å². The third-order valence-corrected chi connectivity index (χ3v) is 5.41. The lowest BCUT2D eigenvalue weighted by molar-refractivity contribution is -0.124. The van der Waals surface area contributed by atoms with Crippen LogP contribution in [0, 0.1) is 5.92 Å². The smallest absolute Gasteiger partial charge is 0.322 e. The van der Waals surface area contributed by atoms with Crippen LogP contribution in [-0.4, -0.2) is 60.0 Å². The van der Waals surface area contributed by atoms with Crippen LogP contribution in [0.15, 0.2) is 30.3 Å². The fourth-order valence-corrected chi connectivity index (χ4v) is 3.53. The summed E-state index contributed by atoms with van der Waals surface area (Å²) in [6.07, 6.45) is 2.28. The molecule has 1 aliphatic rings. The average Bonchev–Trinajstić information content (AvgIpc) is 2.69. The second kappa shape index (κ2) is 10.8. The minimum atomic E-state index is -0.748. The number of nitrogens with one attached hydrogen (secondary N) is 2. The maximum Gasteiger partial charge on any atom is 0.329 e. The van der Waals surface area contributed by atoms with Crippen molar-refractivity contribution in [3.05, 3.63) is 35.9 Å². The highest BCUT2D eigenvalue weighted by atomic mass is 16.2. The molecule has 2 N–H and O–H groups in total. The fourth-order valence-electron chi connectivity index (χ4n) is 3.53. The van der Waals surface area contributed by atoms with E-state index >= 15 is 0 Å². The number of amides is 5. The Morgan fingerprint density at radius 2 is 1.57 bits per heavy atom. The SMILES string of the molecule is CCC(CC)C(=O)NC(=O)NC(=O)N1CCN(C(C)Cc2ccccc2)CC1. The molecule has 1 aromatic carbocycles. The van der Waals surface area contributed by atoms with Gasteiger partial charge >= 0.3 is 12.1 Å². The van der Waals surface area contributed by atoms with E-state index in [1.54, 1.807) is 4.90 Å². The molecule has 28 heavy (non-hydrogen) atoms. The summed E-state index contributed by atoms with van der Waals surface area (Å²) in [5, 5.41) is 4.52. The van der Waals surface area contributed by atoms with Gasteiger partial charge in [0.1, 0.15) is 0 Å². The standard InChI is InChI=1S/C21H32N4O3/c1-4-18(5-2)19(26)22-20(27)23-21(28)25-13-11-24(12-14-25)16(3)15-17-9-7-6-8-10-17/h6-10,16,18H,4-5,11-15H2,1-3H3,(H2,22,23,26,27,28). The Kier molecular flexibility index (Phi) is 8.44. The van der Waals surface area contributed by atoms with E-state index in [0.29, 0.717) is 32.0 Å². The van der Waals surface area contributed by atoms with Crippen molar-refractivity contribution in [3.63, 3.8) is 0 Å². The van der Waals surface area contributed by atoms with Crippen molar-refractivity contribution in [3.8, 4) is 0 Å². The fraction of sp³-hybridized carbons (Fsp3) is 0.571. The number of hydrogen-bond donors (Lipinski definition) is 2. The molecule has 7 heteroatoms. The zero-order valence-corrected chi connectivity index (χ0v) is 17.1. The maximum atomic E-state index is 12.3. The first-order valence-electron chi connectivity index (χ1n) is 10.1. The normalized spacial score (nSPS) is 15.9. The number of piperazine rings is 1. The lowest BCUT2D eigenvalue weighted by atomic mass is 10.0. The van der Waals surface area contributed by atoms with Crippen LogP contribution in [0.5, 0.6) is 0 Å². The molecule has 1 atom stereocenters. The van der Waals surface area contributed by atoms with Crippen LogP contribution in [0.1, 0.15) is 39.2 Å². The average molecular weight is 389 g/mol. The van der Waals surface area contributed by atoms with Crippen LogP contribution in [0.3, 0.4) is 0 Å². The van der Waals surface area contributed by atoms with Gasteiger partial charge in [-0.2, -0.15) is 0 Å². The third kappa shape index (κ3) is 6.34. The van der Waals surface area contributed by atoms with Gasteiger partial charge in [0.15, 0.2) is 0 Å². The minimum Gasteiger partial charge on any atom is -0.322 e. The Labute approximate surface area is 167 Å². The summed E-state index contributed by atoms with van der Waals surface area (Å²) in [4.78, 5) is 40.1. The quantitative estimate of drug-likeness (QED) is 0.785. The van der Waals surface area contributed by atoms with Crippen molar-refractivity contribution in [2.45, 2.75) is 46.1 Å². The van der Waals surface area contributed by atoms with Crippen LogP contribution < -0.4 is 10.6 Å². The number of nitrogens with zero attached hydrogens (tertiary/aromatic N) is 2. The second-order valence-corrected chi connectivity index (χ2v) is 7.32. The molecule has 0 saturated carbocycles. The van der Waals surface area contributed by atoms with Crippen molar-refractivity contribution in [2.24, 2.45) is 5.92 Å². The van der Waals surface area contributed by atoms with Crippen LogP contribution >= 0.6 is 0 Å². The molecule has 1 aliphatic heterocycles. The molecule has 1 fully saturated rings. The largest absolute Gasteiger partial charge is 0.329 e. The van der Waals surface area contributed by atoms with Gasteiger partial charge in [0, 0.05) is 38.1 Å². The van der Waals surface area contributed by atoms with E-state index in [0.717, 1.165) is 19.5 Å². The van der Waals surface area contributed by atoms with Gasteiger partial charge in [-0.25, -0.2) is 9.59 Å². The van der Waals surface area contributed by atoms with Crippen LogP contribution in [-0.2, 0) is 11.2 Å². The molecule has 1 aromatic rings. The number of rotatable bonds is 6. The molecule has 154 valence electrons. The van der Waals surface area contributed by atoms with Gasteiger partial charge in [-0.05, 0) is 31.7 Å². The number of benzene rings is 1. The zero-order valence-electron chi connectivity index (χ0n) is 17.1. The van der Waals surface area contributed by atoms with Crippen molar-refractivity contribution in [2.75, 3.05) is 26.2 Å². The van der Waals surface area contributed by atoms with Gasteiger partial charge in [0.2, 0.25) is 5.91 Å². The third-order valence-electron chi connectivity index (χ3n) is 5.41. The summed E-state index contributed by atoms with van der Waals surface area (Å²) in [5.41, 5.74) is 1.30. The van der Waals surface area contributed by atoms with E-state index < -0.39 is 12.1 Å². The summed E-state index contributed by atoms with van der Waals surface area (Å²) in [7, 11) is 0. The molecule has 1 unspecified atom stereocenters. The van der Waals surface area contributed by atoms with E-state index in [4.69, 9.17) is 0 Å². The Balaban J connectivity index is 1.75. The van der Waals surface area contributed by atoms with Crippen molar-refractivity contribution >= 4 is 18.0 Å². The van der Waals surface area contributed by atoms with E-state index in [1.807, 2.05) is 32.0 Å². The van der Waals surface area contributed by atoms with Gasteiger partial charge < -0.3 is 4.90 Å². The van der Waals surface area contributed by atoms with Gasteiger partial charge in [-0.1, -0.05) is 44.2 Å². The van der Waals surface area contributed by atoms with Crippen LogP contribution in [0.2, 0.25) is 0 Å². The summed E-state index contributed by atoms with van der Waals surface area (Å²) >= 11 is 0. The van der Waals surface area contributed by atoms with Crippen molar-refractivity contribution in [1.82, 2.24) is 20.4 Å². The number of imide groups is 2. The van der Waals surface area contributed by atoms with E-state index in [2.05, 4.69) is 34.6 Å². The number of carbonyl (C=O) groups excluding carboxylic acids is 3. The first-order valence-corrected chi connectivity index (χ1v) is 10.1. The molecule has 0 aliphatic carbocycles. The Hall–Kier alpha value is -2.41. The number of carbonyl (C=O) groups is 3. The minimum absolute atomic E-state index is 0.213. The first kappa shape index (κ1) is 21.9. The second-order valence-electron chi connectivity index (χ2n) is 7.32. The molecule has 0 bridgehead atoms. The predicted octanol–water partition coefficient (Wildman–Crippen LogP) is 2.62. The summed E-state index contributed by atoms with van der Waals surface area (Å²) in [6.45, 7) is 8.62. The van der Waals surface area contributed by atoms with Gasteiger partial charge in [0.25, 0.3) is 0 Å². The predicted molar refractivity (Wildman–Crippen MR) is 109 cm³/mol. The highest BCUT2D eigenvalue weighted by Crippen LogP contribution is 2.12. The summed E-state index contributed by atoms with van der Waals surface area (Å²) in [5.74, 6) is -0.551. The molecule has 5 amide bonds. The Morgan fingerprint density at radius 1 is 0.964 bits per heavy atom. The lowest BCUT2D eigenvalue weighted by Gasteiger charge is -2.38. The first-order chi connectivity index (χ1) is 13.4. The highest BCUT2D eigenvalue weighted by Gasteiger charge is 2.26. The highest BCUT2D eigenvalue weighted by molar-refractivity contribution is 6.02. The number of hydrogen-bond acceptors (Lipinski definition) is 4. The monoisotopic (exact) mass is 388 g/mol. The maximum absolute atomic E-state index is 12.3. The van der Waals surface area contributed by atoms with E-state index in [-0.39, 0.29) is 11.8 Å². The van der Waals surface area contributed by atoms with Gasteiger partial charge in [-0.15, -0.1) is 0 Å². The van der Waals surface area contributed by atoms with Gasteiger partial charge in [-0.3, -0.25) is 20.3 Å². The summed E-state index contributed by atoms with van der Waals surface area (Å²) in [6, 6.07) is 9.54.